The van der Waals surface area contributed by atoms with Crippen molar-refractivity contribution in [3.05, 3.63) is 71.5 Å². The van der Waals surface area contributed by atoms with Crippen LogP contribution < -0.4 is 17.0 Å². The summed E-state index contributed by atoms with van der Waals surface area (Å²) >= 11 is 0. The quantitative estimate of drug-likeness (QED) is 0.314. The second-order valence-corrected chi connectivity index (χ2v) is 4.85. The van der Waals surface area contributed by atoms with Crippen LogP contribution in [0.15, 0.2) is 76.5 Å². The first-order chi connectivity index (χ1) is 10.3. The Hall–Kier alpha value is -2.33. The van der Waals surface area contributed by atoms with Crippen LogP contribution in [0, 0.1) is 0 Å². The molecule has 2 rings (SSSR count). The van der Waals surface area contributed by atoms with Crippen molar-refractivity contribution in [2.45, 2.75) is 19.3 Å². The van der Waals surface area contributed by atoms with E-state index in [1.807, 2.05) is 24.3 Å². The number of amidine groups is 1. The van der Waals surface area contributed by atoms with Crippen LogP contribution in [0.1, 0.15) is 19.3 Å². The fourth-order valence-corrected chi connectivity index (χ4v) is 2.21. The molecular formula is C17H22N4. The molecule has 0 radical (unpaired) electrons. The monoisotopic (exact) mass is 282 g/mol. The highest BCUT2D eigenvalue weighted by Crippen LogP contribution is 2.14. The number of hydrazine groups is 1. The van der Waals surface area contributed by atoms with Gasteiger partial charge in [0, 0.05) is 12.1 Å². The Morgan fingerprint density at radius 2 is 1.95 bits per heavy atom. The van der Waals surface area contributed by atoms with Crippen molar-refractivity contribution >= 4 is 5.84 Å². The Morgan fingerprint density at radius 1 is 1.14 bits per heavy atom. The van der Waals surface area contributed by atoms with E-state index in [-0.39, 0.29) is 0 Å². The Kier molecular flexibility index (Phi) is 5.79. The topological polar surface area (TPSA) is 76.4 Å². The van der Waals surface area contributed by atoms with E-state index >= 15 is 0 Å². The van der Waals surface area contributed by atoms with Crippen molar-refractivity contribution in [1.29, 1.82) is 0 Å². The van der Waals surface area contributed by atoms with Gasteiger partial charge in [-0.25, -0.2) is 0 Å². The van der Waals surface area contributed by atoms with Crippen LogP contribution in [0.3, 0.4) is 0 Å². The van der Waals surface area contributed by atoms with Crippen LogP contribution in [-0.4, -0.2) is 12.4 Å². The van der Waals surface area contributed by atoms with E-state index < -0.39 is 0 Å². The highest BCUT2D eigenvalue weighted by molar-refractivity contribution is 5.98. The smallest absolute Gasteiger partial charge is 0.123 e. The molecule has 0 bridgehead atoms. The fraction of sp³-hybridized carbons (Fsp3) is 0.235. The Morgan fingerprint density at radius 3 is 2.81 bits per heavy atom. The molecule has 0 aromatic carbocycles. The SMILES string of the molecule is NNC1=C(C(N)=NCCC2=CCC=CC=C2)CC=CC=C1. The summed E-state index contributed by atoms with van der Waals surface area (Å²) in [7, 11) is 0. The summed E-state index contributed by atoms with van der Waals surface area (Å²) in [6, 6.07) is 0. The van der Waals surface area contributed by atoms with E-state index in [0.29, 0.717) is 12.4 Å². The Balaban J connectivity index is 2.00. The lowest BCUT2D eigenvalue weighted by Crippen LogP contribution is -2.26. The van der Waals surface area contributed by atoms with Gasteiger partial charge in [0.25, 0.3) is 0 Å². The number of allylic oxidation sites excluding steroid dienone is 9. The van der Waals surface area contributed by atoms with Crippen LogP contribution in [0.25, 0.3) is 0 Å². The first-order valence-electron chi connectivity index (χ1n) is 7.17. The molecule has 0 aliphatic heterocycles. The summed E-state index contributed by atoms with van der Waals surface area (Å²) in [5.74, 6) is 6.09. The maximum Gasteiger partial charge on any atom is 0.123 e. The van der Waals surface area contributed by atoms with E-state index in [0.717, 1.165) is 30.5 Å². The third-order valence-corrected chi connectivity index (χ3v) is 3.38. The first kappa shape index (κ1) is 15.1. The molecule has 0 aromatic heterocycles. The van der Waals surface area contributed by atoms with Gasteiger partial charge in [-0.05, 0) is 30.9 Å². The molecular weight excluding hydrogens is 260 g/mol. The predicted molar refractivity (Wildman–Crippen MR) is 89.3 cm³/mol. The lowest BCUT2D eigenvalue weighted by molar-refractivity contribution is 0.897. The molecule has 0 saturated heterocycles. The maximum atomic E-state index is 6.11. The highest BCUT2D eigenvalue weighted by Gasteiger charge is 2.08. The fourth-order valence-electron chi connectivity index (χ4n) is 2.21. The molecule has 0 amide bonds. The summed E-state index contributed by atoms with van der Waals surface area (Å²) in [5, 5.41) is 0. The number of nitrogens with zero attached hydrogens (tertiary/aromatic N) is 1. The van der Waals surface area contributed by atoms with Crippen LogP contribution >= 0.6 is 0 Å². The minimum absolute atomic E-state index is 0.551. The number of nitrogens with one attached hydrogen (secondary N) is 1. The minimum Gasteiger partial charge on any atom is -0.384 e. The molecule has 0 heterocycles. The molecule has 110 valence electrons. The van der Waals surface area contributed by atoms with Gasteiger partial charge in [-0.3, -0.25) is 10.8 Å². The summed E-state index contributed by atoms with van der Waals surface area (Å²) in [6.07, 6.45) is 21.1. The van der Waals surface area contributed by atoms with Gasteiger partial charge >= 0.3 is 0 Å². The van der Waals surface area contributed by atoms with Crippen LogP contribution in [0.2, 0.25) is 0 Å². The van der Waals surface area contributed by atoms with Crippen LogP contribution in [0.5, 0.6) is 0 Å². The molecule has 4 nitrogen and oxygen atoms in total. The standard InChI is InChI=1S/C17H22N4/c18-17(15-10-6-3-7-11-16(15)21-19)20-13-12-14-8-4-1-2-5-9-14/h1-4,6-9,11,21H,5,10,12-13,19H2,(H2,18,20). The third-order valence-electron chi connectivity index (χ3n) is 3.38. The number of aliphatic imine (C=N–C) groups is 1. The van der Waals surface area contributed by atoms with E-state index in [9.17, 15) is 0 Å². The average Bonchev–Trinajstić information content (AvgIpc) is 2.89. The average molecular weight is 282 g/mol. The molecule has 2 aliphatic rings. The van der Waals surface area contributed by atoms with Crippen molar-refractivity contribution in [2.75, 3.05) is 6.54 Å². The van der Waals surface area contributed by atoms with Gasteiger partial charge in [-0.15, -0.1) is 0 Å². The van der Waals surface area contributed by atoms with Gasteiger partial charge in [0.1, 0.15) is 5.84 Å². The van der Waals surface area contributed by atoms with E-state index in [4.69, 9.17) is 11.6 Å². The number of hydrogen-bond donors (Lipinski definition) is 3. The van der Waals surface area contributed by atoms with Gasteiger partial charge in [-0.1, -0.05) is 48.6 Å². The molecule has 5 N–H and O–H groups in total. The number of nitrogens with two attached hydrogens (primary N) is 2. The lowest BCUT2D eigenvalue weighted by atomic mass is 10.1. The van der Waals surface area contributed by atoms with Crippen LogP contribution in [-0.2, 0) is 0 Å². The maximum absolute atomic E-state index is 6.11. The Bertz CT molecular complexity index is 572. The van der Waals surface area contributed by atoms with Gasteiger partial charge in [0.05, 0.1) is 5.70 Å². The second-order valence-electron chi connectivity index (χ2n) is 4.85. The molecule has 0 spiro atoms. The zero-order valence-electron chi connectivity index (χ0n) is 12.1. The Labute approximate surface area is 126 Å². The molecule has 0 saturated carbocycles. The zero-order chi connectivity index (χ0) is 14.9. The van der Waals surface area contributed by atoms with Crippen molar-refractivity contribution in [3.8, 4) is 0 Å². The zero-order valence-corrected chi connectivity index (χ0v) is 12.1. The highest BCUT2D eigenvalue weighted by atomic mass is 15.2. The van der Waals surface area contributed by atoms with Gasteiger partial charge < -0.3 is 11.2 Å². The van der Waals surface area contributed by atoms with Gasteiger partial charge in [0.15, 0.2) is 0 Å². The van der Waals surface area contributed by atoms with Crippen molar-refractivity contribution in [1.82, 2.24) is 5.43 Å². The molecule has 4 heteroatoms. The third kappa shape index (κ3) is 4.61. The molecule has 0 atom stereocenters. The normalized spacial score (nSPS) is 18.5. The summed E-state index contributed by atoms with van der Waals surface area (Å²) in [6.45, 7) is 0.677. The first-order valence-corrected chi connectivity index (χ1v) is 7.17. The van der Waals surface area contributed by atoms with E-state index in [1.165, 1.54) is 5.57 Å². The minimum atomic E-state index is 0.551. The lowest BCUT2D eigenvalue weighted by Gasteiger charge is -2.10. The van der Waals surface area contributed by atoms with Crippen LogP contribution in [0.4, 0.5) is 0 Å². The van der Waals surface area contributed by atoms with E-state index in [1.54, 1.807) is 0 Å². The molecule has 0 fully saturated rings. The number of hydrogen-bond acceptors (Lipinski definition) is 3. The van der Waals surface area contributed by atoms with Crippen molar-refractivity contribution in [2.24, 2.45) is 16.6 Å². The van der Waals surface area contributed by atoms with Gasteiger partial charge in [-0.2, -0.15) is 0 Å². The van der Waals surface area contributed by atoms with Gasteiger partial charge in [0.2, 0.25) is 0 Å². The second kappa shape index (κ2) is 8.07. The summed E-state index contributed by atoms with van der Waals surface area (Å²) < 4.78 is 0. The predicted octanol–water partition coefficient (Wildman–Crippen LogP) is 2.41. The molecule has 2 aliphatic carbocycles. The van der Waals surface area contributed by atoms with Crippen molar-refractivity contribution in [3.63, 3.8) is 0 Å². The largest absolute Gasteiger partial charge is 0.384 e. The van der Waals surface area contributed by atoms with E-state index in [2.05, 4.69) is 40.8 Å². The summed E-state index contributed by atoms with van der Waals surface area (Å²) in [5.41, 5.74) is 11.8. The molecule has 21 heavy (non-hydrogen) atoms. The van der Waals surface area contributed by atoms with Crippen molar-refractivity contribution < 1.29 is 0 Å². The summed E-state index contributed by atoms with van der Waals surface area (Å²) in [4.78, 5) is 4.49. The molecule has 0 aromatic rings. The number of rotatable bonds is 5. The molecule has 0 unspecified atom stereocenters.